The van der Waals surface area contributed by atoms with Gasteiger partial charge < -0.3 is 15.2 Å². The van der Waals surface area contributed by atoms with E-state index in [2.05, 4.69) is 15.1 Å². The van der Waals surface area contributed by atoms with Crippen molar-refractivity contribution in [1.82, 2.24) is 19.7 Å². The van der Waals surface area contributed by atoms with Gasteiger partial charge >= 0.3 is 0 Å². The number of aryl methyl sites for hydroxylation is 1. The summed E-state index contributed by atoms with van der Waals surface area (Å²) in [6, 6.07) is 14.2. The van der Waals surface area contributed by atoms with Crippen LogP contribution >= 0.6 is 11.3 Å². The van der Waals surface area contributed by atoms with E-state index in [0.717, 1.165) is 4.88 Å². The van der Waals surface area contributed by atoms with Gasteiger partial charge in [-0.25, -0.2) is 19.0 Å². The van der Waals surface area contributed by atoms with E-state index in [4.69, 9.17) is 19.3 Å². The van der Waals surface area contributed by atoms with Crippen LogP contribution in [0.4, 0.5) is 10.2 Å². The Labute approximate surface area is 210 Å². The summed E-state index contributed by atoms with van der Waals surface area (Å²) in [5, 5.41) is 5.00. The van der Waals surface area contributed by atoms with Crippen LogP contribution in [0.3, 0.4) is 0 Å². The summed E-state index contributed by atoms with van der Waals surface area (Å²) in [7, 11) is 0. The van der Waals surface area contributed by atoms with Gasteiger partial charge in [-0.1, -0.05) is 0 Å². The molecule has 0 amide bonds. The van der Waals surface area contributed by atoms with Crippen molar-refractivity contribution in [2.24, 2.45) is 0 Å². The van der Waals surface area contributed by atoms with Crippen LogP contribution in [0.2, 0.25) is 0 Å². The van der Waals surface area contributed by atoms with Gasteiger partial charge in [-0.2, -0.15) is 5.10 Å². The van der Waals surface area contributed by atoms with Crippen molar-refractivity contribution in [3.05, 3.63) is 76.5 Å². The summed E-state index contributed by atoms with van der Waals surface area (Å²) >= 11 is 1.62. The predicted molar refractivity (Wildman–Crippen MR) is 135 cm³/mol. The van der Waals surface area contributed by atoms with Crippen LogP contribution in [0, 0.1) is 12.7 Å². The maximum atomic E-state index is 14.3. The van der Waals surface area contributed by atoms with Crippen molar-refractivity contribution >= 4 is 28.2 Å². The number of nitrogens with zero attached hydrogens (tertiary/aromatic N) is 4. The molecule has 0 fully saturated rings. The van der Waals surface area contributed by atoms with Gasteiger partial charge in [0.1, 0.15) is 47.5 Å². The number of fused-ring (bicyclic) bond motifs is 1. The summed E-state index contributed by atoms with van der Waals surface area (Å²) in [4.78, 5) is 10.5. The van der Waals surface area contributed by atoms with E-state index < -0.39 is 18.7 Å². The lowest BCUT2D eigenvalue weighted by Crippen LogP contribution is -2.04. The molecule has 0 saturated carbocycles. The zero-order valence-electron chi connectivity index (χ0n) is 22.0. The zero-order chi connectivity index (χ0) is 27.0. The number of ether oxygens (including phenoxy) is 2. The minimum Gasteiger partial charge on any atom is -0.488 e. The van der Waals surface area contributed by atoms with E-state index in [-0.39, 0.29) is 11.6 Å². The first-order valence-electron chi connectivity index (χ1n) is 12.3. The molecule has 0 spiro atoms. The number of hydrogen-bond donors (Lipinski definition) is 1. The fourth-order valence-electron chi connectivity index (χ4n) is 3.68. The Kier molecular flexibility index (Phi) is 5.16. The molecule has 0 aliphatic carbocycles. The third-order valence-corrected chi connectivity index (χ3v) is 6.24. The van der Waals surface area contributed by atoms with Gasteiger partial charge in [0, 0.05) is 43.7 Å². The summed E-state index contributed by atoms with van der Waals surface area (Å²) in [6.45, 7) is 1.62. The number of rotatable bonds is 7. The summed E-state index contributed by atoms with van der Waals surface area (Å²) in [6.07, 6.45) is 1.28. The topological polar surface area (TPSA) is 88.1 Å². The van der Waals surface area contributed by atoms with E-state index in [1.807, 2.05) is 19.1 Å². The highest BCUT2D eigenvalue weighted by molar-refractivity contribution is 7.11. The molecule has 0 bridgehead atoms. The molecule has 0 aliphatic heterocycles. The van der Waals surface area contributed by atoms with Crippen LogP contribution < -0.4 is 15.2 Å². The minimum atomic E-state index is -2.29. The van der Waals surface area contributed by atoms with Crippen LogP contribution in [-0.4, -0.2) is 19.7 Å². The number of nitrogen functional groups attached to an aromatic ring is 1. The first kappa shape index (κ1) is 19.3. The first-order valence-corrected chi connectivity index (χ1v) is 11.7. The van der Waals surface area contributed by atoms with Gasteiger partial charge in [-0.15, -0.1) is 11.3 Å². The fraction of sp³-hybridized carbons (Fsp3) is 0.192. The largest absolute Gasteiger partial charge is 0.488 e. The lowest BCUT2D eigenvalue weighted by Gasteiger charge is -2.10. The number of aromatic nitrogens is 4. The van der Waals surface area contributed by atoms with Crippen molar-refractivity contribution in [2.75, 3.05) is 5.73 Å². The Bertz CT molecular complexity index is 1600. The lowest BCUT2D eigenvalue weighted by molar-refractivity contribution is 0.306. The van der Waals surface area contributed by atoms with E-state index in [1.165, 1.54) is 28.0 Å². The molecule has 178 valence electrons. The van der Waals surface area contributed by atoms with Crippen LogP contribution in [-0.2, 0) is 6.61 Å². The van der Waals surface area contributed by atoms with Crippen molar-refractivity contribution in [3.8, 4) is 28.5 Å². The standard InChI is InChI=1S/C26H24FN5O2S/c1-15(2)32-26-23(25(28)29-14-30-26)24(31-32)17-5-7-19(8-6-17)34-21-11-18(27)10-20(12-21)33-13-22-9-4-16(3)35-22/h4-12,14-15H,13H2,1-3H3,(H2,28,29,30)/i1D3. The summed E-state index contributed by atoms with van der Waals surface area (Å²) < 4.78 is 50.6. The zero-order valence-corrected chi connectivity index (χ0v) is 19.8. The Hall–Kier alpha value is -3.98. The maximum absolute atomic E-state index is 14.3. The monoisotopic (exact) mass is 492 g/mol. The Morgan fingerprint density at radius 3 is 2.63 bits per heavy atom. The number of thiophene rings is 1. The Balaban J connectivity index is 1.39. The number of anilines is 1. The molecule has 3 heterocycles. The molecular weight excluding hydrogens is 465 g/mol. The molecule has 35 heavy (non-hydrogen) atoms. The van der Waals surface area contributed by atoms with Crippen LogP contribution in [0.1, 0.15) is 33.7 Å². The highest BCUT2D eigenvalue weighted by Crippen LogP contribution is 2.34. The number of nitrogens with two attached hydrogens (primary N) is 1. The molecular formula is C26H24FN5O2S. The van der Waals surface area contributed by atoms with Crippen molar-refractivity contribution in [2.45, 2.75) is 33.3 Å². The normalized spacial score (nSPS) is 13.7. The molecule has 2 aromatic carbocycles. The predicted octanol–water partition coefficient (Wildman–Crippen LogP) is 6.54. The van der Waals surface area contributed by atoms with Gasteiger partial charge in [0.15, 0.2) is 5.65 Å². The van der Waals surface area contributed by atoms with Crippen LogP contribution in [0.5, 0.6) is 17.2 Å². The molecule has 5 aromatic rings. The minimum absolute atomic E-state index is 0.194. The average Bonchev–Trinajstić information content (AvgIpc) is 3.46. The molecule has 1 atom stereocenters. The maximum Gasteiger partial charge on any atom is 0.164 e. The highest BCUT2D eigenvalue weighted by atomic mass is 32.1. The quantitative estimate of drug-likeness (QED) is 0.278. The van der Waals surface area contributed by atoms with Gasteiger partial charge in [0.25, 0.3) is 0 Å². The lowest BCUT2D eigenvalue weighted by atomic mass is 10.1. The Morgan fingerprint density at radius 1 is 1.09 bits per heavy atom. The molecule has 5 rings (SSSR count). The highest BCUT2D eigenvalue weighted by Gasteiger charge is 2.18. The second-order valence-corrected chi connectivity index (χ2v) is 9.35. The second kappa shape index (κ2) is 9.34. The SMILES string of the molecule is [2H]C([2H])([2H])C(C)n1nc(-c2ccc(Oc3cc(F)cc(OCc4ccc(C)s4)c3)cc2)c2c(N)ncnc21. The number of halogens is 1. The first-order chi connectivity index (χ1) is 18.1. The average molecular weight is 493 g/mol. The molecule has 0 saturated heterocycles. The summed E-state index contributed by atoms with van der Waals surface area (Å²) in [5.74, 6) is 0.821. The van der Waals surface area contributed by atoms with Crippen molar-refractivity contribution in [3.63, 3.8) is 0 Å². The van der Waals surface area contributed by atoms with Gasteiger partial charge in [-0.05, 0) is 57.1 Å². The smallest absolute Gasteiger partial charge is 0.164 e. The summed E-state index contributed by atoms with van der Waals surface area (Å²) in [5.41, 5.74) is 7.57. The molecule has 2 N–H and O–H groups in total. The molecule has 7 nitrogen and oxygen atoms in total. The third kappa shape index (κ3) is 4.81. The molecule has 0 aliphatic rings. The van der Waals surface area contributed by atoms with Gasteiger partial charge in [0.05, 0.1) is 5.39 Å². The molecule has 0 radical (unpaired) electrons. The Morgan fingerprint density at radius 2 is 1.89 bits per heavy atom. The van der Waals surface area contributed by atoms with Crippen LogP contribution in [0.25, 0.3) is 22.3 Å². The fourth-order valence-corrected chi connectivity index (χ4v) is 4.48. The second-order valence-electron chi connectivity index (χ2n) is 7.98. The third-order valence-electron chi connectivity index (χ3n) is 5.27. The molecule has 9 heteroatoms. The van der Waals surface area contributed by atoms with E-state index >= 15 is 0 Å². The molecule has 3 aromatic heterocycles. The van der Waals surface area contributed by atoms with E-state index in [1.54, 1.807) is 48.6 Å². The number of benzene rings is 2. The van der Waals surface area contributed by atoms with Gasteiger partial charge in [-0.3, -0.25) is 0 Å². The van der Waals surface area contributed by atoms with Crippen molar-refractivity contribution < 1.29 is 18.0 Å². The van der Waals surface area contributed by atoms with Gasteiger partial charge in [0.2, 0.25) is 0 Å². The van der Waals surface area contributed by atoms with E-state index in [0.29, 0.717) is 40.4 Å². The van der Waals surface area contributed by atoms with E-state index in [9.17, 15) is 4.39 Å². The molecule has 1 unspecified atom stereocenters. The van der Waals surface area contributed by atoms with Crippen LogP contribution in [0.15, 0.2) is 60.9 Å². The van der Waals surface area contributed by atoms with Crippen molar-refractivity contribution in [1.29, 1.82) is 0 Å². The number of hydrogen-bond acceptors (Lipinski definition) is 7.